The third kappa shape index (κ3) is 15.2. The Morgan fingerprint density at radius 2 is 0.897 bits per heavy atom. The molecule has 0 heterocycles. The number of ketones is 2. The molecule has 5 aromatic carbocycles. The van der Waals surface area contributed by atoms with Gasteiger partial charge in [0.1, 0.15) is 11.5 Å². The fraction of sp³-hybridized carbons (Fsp3) is 0.250. The molecule has 0 fully saturated rings. The van der Waals surface area contributed by atoms with Crippen molar-refractivity contribution in [1.29, 1.82) is 0 Å². The lowest BCUT2D eigenvalue weighted by Crippen LogP contribution is -2.32. The number of carbonyl (C=O) groups excluding carboxylic acids is 6. The van der Waals surface area contributed by atoms with Crippen molar-refractivity contribution in [2.45, 2.75) is 52.6 Å². The van der Waals surface area contributed by atoms with Gasteiger partial charge in [-0.1, -0.05) is 47.5 Å². The number of nitrogens with zero attached hydrogens (tertiary/aromatic N) is 4. The number of azo groups is 2. The van der Waals surface area contributed by atoms with E-state index in [2.05, 4.69) is 41.7 Å². The molecule has 2 unspecified atom stereocenters. The van der Waals surface area contributed by atoms with E-state index >= 15 is 0 Å². The summed E-state index contributed by atoms with van der Waals surface area (Å²) in [5.41, 5.74) is 3.67. The van der Waals surface area contributed by atoms with Gasteiger partial charge in [0.25, 0.3) is 23.6 Å². The Bertz CT molecular complexity index is 2530. The van der Waals surface area contributed by atoms with Crippen molar-refractivity contribution in [3.63, 3.8) is 0 Å². The van der Waals surface area contributed by atoms with Gasteiger partial charge >= 0.3 is 0 Å². The summed E-state index contributed by atoms with van der Waals surface area (Å²) < 4.78 is 11.6. The van der Waals surface area contributed by atoms with Crippen LogP contribution in [0, 0.1) is 0 Å². The van der Waals surface area contributed by atoms with Crippen LogP contribution >= 0.6 is 46.4 Å². The van der Waals surface area contributed by atoms with E-state index in [1.54, 1.807) is 38.1 Å². The number of rotatable bonds is 22. The summed E-state index contributed by atoms with van der Waals surface area (Å²) in [4.78, 5) is 79.2. The van der Waals surface area contributed by atoms with Crippen molar-refractivity contribution in [3.05, 3.63) is 129 Å². The fourth-order valence-electron chi connectivity index (χ4n) is 6.25. The van der Waals surface area contributed by atoms with Crippen molar-refractivity contribution >= 4 is 116 Å². The van der Waals surface area contributed by atoms with Gasteiger partial charge in [-0.2, -0.15) is 20.5 Å². The first-order valence-electron chi connectivity index (χ1n) is 21.0. The van der Waals surface area contributed by atoms with E-state index in [-0.39, 0.29) is 68.6 Å². The molecule has 0 aromatic heterocycles. The van der Waals surface area contributed by atoms with Crippen LogP contribution in [0.15, 0.2) is 118 Å². The van der Waals surface area contributed by atoms with Gasteiger partial charge in [0, 0.05) is 56.4 Å². The summed E-state index contributed by atoms with van der Waals surface area (Å²) in [5.74, 6) is -3.06. The first-order chi connectivity index (χ1) is 32.6. The second kappa shape index (κ2) is 25.4. The molecule has 68 heavy (non-hydrogen) atoms. The molecule has 5 rings (SSSR count). The normalized spacial score (nSPS) is 12.0. The second-order valence-corrected chi connectivity index (χ2v) is 16.4. The number of hydrogen-bond acceptors (Lipinski definition) is 12. The zero-order valence-electron chi connectivity index (χ0n) is 37.2. The minimum absolute atomic E-state index is 0.0455. The topological polar surface area (TPSA) is 218 Å². The third-order valence-electron chi connectivity index (χ3n) is 9.52. The average Bonchev–Trinajstić information content (AvgIpc) is 3.29. The highest BCUT2D eigenvalue weighted by atomic mass is 35.5. The van der Waals surface area contributed by atoms with Crippen molar-refractivity contribution < 1.29 is 38.2 Å². The number of halogens is 4. The van der Waals surface area contributed by atoms with Gasteiger partial charge in [0.2, 0.25) is 12.1 Å². The van der Waals surface area contributed by atoms with E-state index in [0.29, 0.717) is 36.0 Å². The SMILES string of the molecule is CCOc1cc(NC(=O)C(N=Nc2cc(Cl)cc(C(=O)Nc3ccc(CCCl)cc3)c2)C(C)=O)c(OCC)cc1NC(=O)C(N=Nc1cc(Cl)cc(C(=O)Nc2ccc(CCCl)cc2)c1)C(C)=O. The lowest BCUT2D eigenvalue weighted by Gasteiger charge is -2.19. The third-order valence-corrected chi connectivity index (χ3v) is 10.3. The maximum absolute atomic E-state index is 13.7. The Morgan fingerprint density at radius 3 is 1.22 bits per heavy atom. The standard InChI is InChI=1S/C48H46Cl4N8O8/c1-5-67-41-25-40(56-48(66)44(28(4)62)60-58-38-22-32(20-34(52)24-38)46(64)54-36-13-9-30(10-14-36)16-18-50)42(68-6-2)26-39(41)55-47(65)43(27(3)61)59-57-37-21-31(19-33(51)23-37)45(63)53-35-11-7-29(8-12-35)15-17-49/h7-14,19-26,43-44H,5-6,15-18H2,1-4H3,(H,53,63)(H,54,64)(H,55,65)(H,56,66). The summed E-state index contributed by atoms with van der Waals surface area (Å²) in [6, 6.07) is 22.2. The number of ether oxygens (including phenoxy) is 2. The number of nitrogens with one attached hydrogen (secondary N) is 4. The summed E-state index contributed by atoms with van der Waals surface area (Å²) in [6.45, 7) is 5.89. The van der Waals surface area contributed by atoms with Crippen LogP contribution in [0.5, 0.6) is 11.5 Å². The molecular weight excluding hydrogens is 958 g/mol. The highest BCUT2D eigenvalue weighted by Crippen LogP contribution is 2.38. The second-order valence-electron chi connectivity index (χ2n) is 14.7. The lowest BCUT2D eigenvalue weighted by atomic mass is 10.1. The molecule has 0 aliphatic heterocycles. The van der Waals surface area contributed by atoms with E-state index < -0.39 is 47.3 Å². The van der Waals surface area contributed by atoms with Gasteiger partial charge in [0.15, 0.2) is 11.6 Å². The Hall–Kier alpha value is -6.72. The van der Waals surface area contributed by atoms with Gasteiger partial charge in [-0.3, -0.25) is 28.8 Å². The van der Waals surface area contributed by atoms with Gasteiger partial charge in [-0.05, 0) is 112 Å². The molecule has 4 N–H and O–H groups in total. The molecule has 4 amide bonds. The van der Waals surface area contributed by atoms with E-state index in [1.807, 2.05) is 24.3 Å². The van der Waals surface area contributed by atoms with Crippen LogP contribution < -0.4 is 30.7 Å². The van der Waals surface area contributed by atoms with Crippen LogP contribution in [0.25, 0.3) is 0 Å². The summed E-state index contributed by atoms with van der Waals surface area (Å²) in [7, 11) is 0. The van der Waals surface area contributed by atoms with Crippen LogP contribution in [-0.2, 0) is 32.0 Å². The Labute approximate surface area is 412 Å². The number of benzene rings is 5. The summed E-state index contributed by atoms with van der Waals surface area (Å²) >= 11 is 24.3. The Morgan fingerprint density at radius 1 is 0.529 bits per heavy atom. The number of amides is 4. The minimum atomic E-state index is -1.66. The molecule has 0 saturated carbocycles. The van der Waals surface area contributed by atoms with E-state index in [0.717, 1.165) is 25.0 Å². The maximum Gasteiger partial charge on any atom is 0.258 e. The molecule has 0 bridgehead atoms. The molecular formula is C48H46Cl4N8O8. The quantitative estimate of drug-likeness (QED) is 0.0296. The molecule has 0 aliphatic carbocycles. The highest BCUT2D eigenvalue weighted by molar-refractivity contribution is 6.31. The van der Waals surface area contributed by atoms with E-state index in [4.69, 9.17) is 55.9 Å². The van der Waals surface area contributed by atoms with E-state index in [9.17, 15) is 28.8 Å². The molecule has 0 spiro atoms. The predicted octanol–water partition coefficient (Wildman–Crippen LogP) is 11.2. The lowest BCUT2D eigenvalue weighted by molar-refractivity contribution is -0.127. The van der Waals surface area contributed by atoms with Crippen molar-refractivity contribution in [1.82, 2.24) is 0 Å². The molecule has 0 aliphatic rings. The van der Waals surface area contributed by atoms with Crippen LogP contribution in [0.2, 0.25) is 10.0 Å². The monoisotopic (exact) mass is 1000 g/mol. The first-order valence-corrected chi connectivity index (χ1v) is 22.8. The van der Waals surface area contributed by atoms with Crippen LogP contribution in [0.1, 0.15) is 59.5 Å². The van der Waals surface area contributed by atoms with Gasteiger partial charge in [-0.15, -0.1) is 23.2 Å². The van der Waals surface area contributed by atoms with Gasteiger partial charge in [0.05, 0.1) is 36.0 Å². The van der Waals surface area contributed by atoms with Crippen LogP contribution in [0.3, 0.4) is 0 Å². The van der Waals surface area contributed by atoms with Crippen molar-refractivity contribution in [2.24, 2.45) is 20.5 Å². The summed E-state index contributed by atoms with van der Waals surface area (Å²) in [5, 5.41) is 27.3. The van der Waals surface area contributed by atoms with Gasteiger partial charge in [-0.25, -0.2) is 0 Å². The van der Waals surface area contributed by atoms with Crippen molar-refractivity contribution in [3.8, 4) is 11.5 Å². The number of carbonyl (C=O) groups is 6. The summed E-state index contributed by atoms with van der Waals surface area (Å²) in [6.07, 6.45) is 1.36. The fourth-order valence-corrected chi connectivity index (χ4v) is 7.15. The number of anilines is 4. The minimum Gasteiger partial charge on any atom is -0.492 e. The zero-order valence-corrected chi connectivity index (χ0v) is 40.2. The molecule has 2 atom stereocenters. The van der Waals surface area contributed by atoms with E-state index in [1.165, 1.54) is 48.5 Å². The average molecular weight is 1000 g/mol. The number of aryl methyl sites for hydroxylation is 2. The largest absolute Gasteiger partial charge is 0.492 e. The van der Waals surface area contributed by atoms with Crippen molar-refractivity contribution in [2.75, 3.05) is 46.2 Å². The van der Waals surface area contributed by atoms with Gasteiger partial charge < -0.3 is 30.7 Å². The number of hydrogen-bond donors (Lipinski definition) is 4. The van der Waals surface area contributed by atoms with Crippen LogP contribution in [-0.4, -0.2) is 72.3 Å². The number of alkyl halides is 2. The Kier molecular flexibility index (Phi) is 19.5. The highest BCUT2D eigenvalue weighted by Gasteiger charge is 2.28. The molecule has 16 nitrogen and oxygen atoms in total. The maximum atomic E-state index is 13.7. The van der Waals surface area contributed by atoms with Crippen LogP contribution in [0.4, 0.5) is 34.1 Å². The predicted molar refractivity (Wildman–Crippen MR) is 265 cm³/mol. The Balaban J connectivity index is 1.32. The first kappa shape index (κ1) is 52.3. The zero-order chi connectivity index (χ0) is 49.3. The molecule has 354 valence electrons. The number of Topliss-reactive ketones (excluding diaryl/α,β-unsaturated/α-hetero) is 2. The molecule has 5 aromatic rings. The molecule has 0 saturated heterocycles. The smallest absolute Gasteiger partial charge is 0.258 e. The molecule has 0 radical (unpaired) electrons. The molecule has 20 heteroatoms.